The van der Waals surface area contributed by atoms with Gasteiger partial charge in [0, 0.05) is 42.2 Å². The Balaban J connectivity index is 0.000000219. The van der Waals surface area contributed by atoms with Crippen LogP contribution in [-0.2, 0) is 7.05 Å². The smallest absolute Gasteiger partial charge is 0.255 e. The SMILES string of the molecule is CNc1ccc(-c2nc3cc(NC(=O)c4ccccc4)ccc3n2C)cc1.Fc1ccccc1.O=Cc1ccccc1. The molecule has 6 nitrogen and oxygen atoms in total. The van der Waals surface area contributed by atoms with Gasteiger partial charge in [-0.15, -0.1) is 0 Å². The van der Waals surface area contributed by atoms with Crippen LogP contribution in [0.15, 0.2) is 133 Å². The number of benzene rings is 5. The maximum Gasteiger partial charge on any atom is 0.255 e. The fourth-order valence-corrected chi connectivity index (χ4v) is 4.06. The van der Waals surface area contributed by atoms with Gasteiger partial charge < -0.3 is 15.2 Å². The van der Waals surface area contributed by atoms with Gasteiger partial charge in [0.2, 0.25) is 0 Å². The Morgan fingerprint density at radius 2 is 1.33 bits per heavy atom. The summed E-state index contributed by atoms with van der Waals surface area (Å²) >= 11 is 0. The molecule has 0 aliphatic carbocycles. The number of aryl methyl sites for hydroxylation is 1. The normalized spacial score (nSPS) is 9.98. The van der Waals surface area contributed by atoms with E-state index in [1.807, 2.05) is 93.0 Å². The van der Waals surface area contributed by atoms with Crippen molar-refractivity contribution in [2.45, 2.75) is 0 Å². The van der Waals surface area contributed by atoms with Gasteiger partial charge in [-0.1, -0.05) is 66.7 Å². The number of nitrogens with one attached hydrogen (secondary N) is 2. The summed E-state index contributed by atoms with van der Waals surface area (Å²) in [6.45, 7) is 0. The van der Waals surface area contributed by atoms with Crippen molar-refractivity contribution >= 4 is 34.6 Å². The second-order valence-corrected chi connectivity index (χ2v) is 9.17. The van der Waals surface area contributed by atoms with Gasteiger partial charge >= 0.3 is 0 Å². The Morgan fingerprint density at radius 3 is 1.86 bits per heavy atom. The van der Waals surface area contributed by atoms with Crippen molar-refractivity contribution in [2.24, 2.45) is 7.05 Å². The molecule has 210 valence electrons. The largest absolute Gasteiger partial charge is 0.388 e. The maximum atomic E-state index is 12.4. The predicted octanol–water partition coefficient (Wildman–Crippen LogP) is 7.86. The molecule has 5 aromatic carbocycles. The number of anilines is 2. The summed E-state index contributed by atoms with van der Waals surface area (Å²) in [5.74, 6) is 0.579. The highest BCUT2D eigenvalue weighted by Gasteiger charge is 2.12. The van der Waals surface area contributed by atoms with Gasteiger partial charge in [0.25, 0.3) is 5.91 Å². The zero-order valence-electron chi connectivity index (χ0n) is 23.4. The Labute approximate surface area is 244 Å². The van der Waals surface area contributed by atoms with E-state index in [2.05, 4.69) is 15.2 Å². The van der Waals surface area contributed by atoms with E-state index in [1.54, 1.807) is 42.5 Å². The monoisotopic (exact) mass is 558 g/mol. The van der Waals surface area contributed by atoms with Crippen LogP contribution in [0.25, 0.3) is 22.4 Å². The Hall–Kier alpha value is -5.56. The van der Waals surface area contributed by atoms with E-state index in [9.17, 15) is 14.0 Å². The molecule has 0 radical (unpaired) electrons. The molecule has 0 aliphatic rings. The summed E-state index contributed by atoms with van der Waals surface area (Å²) in [5, 5.41) is 6.06. The molecule has 1 heterocycles. The fraction of sp³-hybridized carbons (Fsp3) is 0.0571. The Bertz CT molecular complexity index is 1720. The average molecular weight is 559 g/mol. The van der Waals surface area contributed by atoms with E-state index in [4.69, 9.17) is 4.98 Å². The first-order valence-corrected chi connectivity index (χ1v) is 13.3. The van der Waals surface area contributed by atoms with Gasteiger partial charge in [-0.2, -0.15) is 0 Å². The van der Waals surface area contributed by atoms with Crippen LogP contribution in [-0.4, -0.2) is 28.8 Å². The molecule has 2 N–H and O–H groups in total. The first kappa shape index (κ1) is 29.4. The highest BCUT2D eigenvalue weighted by Crippen LogP contribution is 2.26. The van der Waals surface area contributed by atoms with Crippen molar-refractivity contribution in [1.82, 2.24) is 9.55 Å². The molecule has 1 aromatic heterocycles. The minimum atomic E-state index is -0.178. The molecule has 0 unspecified atom stereocenters. The second kappa shape index (κ2) is 14.7. The summed E-state index contributed by atoms with van der Waals surface area (Å²) in [5.41, 5.74) is 6.05. The van der Waals surface area contributed by atoms with Crippen molar-refractivity contribution in [1.29, 1.82) is 0 Å². The van der Waals surface area contributed by atoms with Crippen LogP contribution in [0.3, 0.4) is 0 Å². The second-order valence-electron chi connectivity index (χ2n) is 9.17. The summed E-state index contributed by atoms with van der Waals surface area (Å²) in [7, 11) is 3.90. The lowest BCUT2D eigenvalue weighted by atomic mass is 10.2. The third-order valence-corrected chi connectivity index (χ3v) is 6.28. The number of carbonyl (C=O) groups is 2. The molecule has 0 bridgehead atoms. The van der Waals surface area contributed by atoms with Crippen LogP contribution in [0.5, 0.6) is 0 Å². The summed E-state index contributed by atoms with van der Waals surface area (Å²) in [6, 6.07) is 40.1. The minimum absolute atomic E-state index is 0.131. The number of fused-ring (bicyclic) bond motifs is 1. The Kier molecular flexibility index (Phi) is 10.3. The zero-order chi connectivity index (χ0) is 29.7. The van der Waals surface area contributed by atoms with Crippen LogP contribution in [0.1, 0.15) is 20.7 Å². The summed E-state index contributed by atoms with van der Waals surface area (Å²) < 4.78 is 14.0. The number of hydrogen-bond donors (Lipinski definition) is 2. The van der Waals surface area contributed by atoms with E-state index < -0.39 is 0 Å². The molecule has 0 spiro atoms. The Morgan fingerprint density at radius 1 is 0.762 bits per heavy atom. The lowest BCUT2D eigenvalue weighted by Gasteiger charge is -2.06. The molecule has 0 aliphatic heterocycles. The van der Waals surface area contributed by atoms with Gasteiger partial charge in [-0.25, -0.2) is 9.37 Å². The van der Waals surface area contributed by atoms with Crippen LogP contribution in [0.4, 0.5) is 15.8 Å². The van der Waals surface area contributed by atoms with E-state index in [-0.39, 0.29) is 11.7 Å². The van der Waals surface area contributed by atoms with Crippen molar-refractivity contribution in [3.63, 3.8) is 0 Å². The van der Waals surface area contributed by atoms with Crippen molar-refractivity contribution in [3.8, 4) is 11.4 Å². The zero-order valence-corrected chi connectivity index (χ0v) is 23.4. The molecule has 0 saturated carbocycles. The fourth-order valence-electron chi connectivity index (χ4n) is 4.06. The van der Waals surface area contributed by atoms with Crippen LogP contribution in [0.2, 0.25) is 0 Å². The van der Waals surface area contributed by atoms with Gasteiger partial charge in [0.15, 0.2) is 0 Å². The summed E-state index contributed by atoms with van der Waals surface area (Å²) in [6.07, 6.45) is 0.833. The quantitative estimate of drug-likeness (QED) is 0.211. The van der Waals surface area contributed by atoms with Crippen molar-refractivity contribution < 1.29 is 14.0 Å². The molecule has 0 fully saturated rings. The molecular weight excluding hydrogens is 527 g/mol. The third kappa shape index (κ3) is 7.99. The molecule has 7 heteroatoms. The highest BCUT2D eigenvalue weighted by molar-refractivity contribution is 6.05. The van der Waals surface area contributed by atoms with E-state index >= 15 is 0 Å². The highest BCUT2D eigenvalue weighted by atomic mass is 19.1. The lowest BCUT2D eigenvalue weighted by Crippen LogP contribution is -2.11. The van der Waals surface area contributed by atoms with Crippen molar-refractivity contribution in [2.75, 3.05) is 17.7 Å². The van der Waals surface area contributed by atoms with Crippen LogP contribution >= 0.6 is 0 Å². The molecule has 0 atom stereocenters. The standard InChI is InChI=1S/C22H20N4O.C7H6O.C6H5F/c1-23-17-10-8-15(9-11-17)21-25-19-14-18(12-13-20(19)26(21)2)24-22(27)16-6-4-3-5-7-16;8-6-7-4-2-1-3-5-7;7-6-4-2-1-3-5-6/h3-14,23H,1-2H3,(H,24,27);1-6H;1-5H. The number of nitrogens with zero attached hydrogens (tertiary/aromatic N) is 2. The molecule has 1 amide bonds. The van der Waals surface area contributed by atoms with E-state index in [0.29, 0.717) is 5.56 Å². The molecule has 0 saturated heterocycles. The lowest BCUT2D eigenvalue weighted by molar-refractivity contribution is 0.102. The number of rotatable bonds is 5. The number of aromatic nitrogens is 2. The van der Waals surface area contributed by atoms with Gasteiger partial charge in [0.05, 0.1) is 11.0 Å². The third-order valence-electron chi connectivity index (χ3n) is 6.28. The topological polar surface area (TPSA) is 76.0 Å². The first-order chi connectivity index (χ1) is 20.5. The van der Waals surface area contributed by atoms with Crippen LogP contribution < -0.4 is 10.6 Å². The number of imidazole rings is 1. The molecule has 6 rings (SSSR count). The maximum absolute atomic E-state index is 12.4. The number of carbonyl (C=O) groups excluding carboxylic acids is 2. The average Bonchev–Trinajstić information content (AvgIpc) is 3.38. The summed E-state index contributed by atoms with van der Waals surface area (Å²) in [4.78, 5) is 27.1. The van der Waals surface area contributed by atoms with Gasteiger partial charge in [-0.3, -0.25) is 9.59 Å². The van der Waals surface area contributed by atoms with Gasteiger partial charge in [-0.05, 0) is 66.7 Å². The van der Waals surface area contributed by atoms with E-state index in [0.717, 1.165) is 45.6 Å². The number of hydrogen-bond acceptors (Lipinski definition) is 4. The molecule has 6 aromatic rings. The number of aldehydes is 1. The number of halogens is 1. The molecular formula is C35H31FN4O2. The van der Waals surface area contributed by atoms with E-state index in [1.165, 1.54) is 12.1 Å². The van der Waals surface area contributed by atoms with Gasteiger partial charge in [0.1, 0.15) is 17.9 Å². The molecule has 42 heavy (non-hydrogen) atoms. The van der Waals surface area contributed by atoms with Crippen LogP contribution in [0, 0.1) is 5.82 Å². The number of amides is 1. The minimum Gasteiger partial charge on any atom is -0.388 e. The first-order valence-electron chi connectivity index (χ1n) is 13.3. The predicted molar refractivity (Wildman–Crippen MR) is 168 cm³/mol. The van der Waals surface area contributed by atoms with Crippen molar-refractivity contribution in [3.05, 3.63) is 150 Å².